The largest absolute Gasteiger partial charge is 0.393 e. The second kappa shape index (κ2) is 8.27. The van der Waals surface area contributed by atoms with Crippen molar-refractivity contribution in [1.29, 1.82) is 0 Å². The molecule has 2 aromatic rings. The van der Waals surface area contributed by atoms with Gasteiger partial charge in [0, 0.05) is 42.0 Å². The van der Waals surface area contributed by atoms with Crippen LogP contribution in [0.2, 0.25) is 5.02 Å². The molecule has 1 aromatic heterocycles. The SMILES string of the molecule is C=NC(=O)[C@H](C[C@H](C)O)N(C)C(=O)CCc1c[nH]c2ccc(Cl)cc12. The molecule has 2 atom stereocenters. The van der Waals surface area contributed by atoms with Crippen molar-refractivity contribution in [3.05, 3.63) is 35.0 Å². The van der Waals surface area contributed by atoms with Gasteiger partial charge in [0.25, 0.3) is 5.91 Å². The van der Waals surface area contributed by atoms with Gasteiger partial charge in [0.15, 0.2) is 0 Å². The highest BCUT2D eigenvalue weighted by molar-refractivity contribution is 6.31. The second-order valence-electron chi connectivity index (χ2n) is 6.11. The van der Waals surface area contributed by atoms with E-state index in [2.05, 4.69) is 16.7 Å². The van der Waals surface area contributed by atoms with E-state index in [1.165, 1.54) is 4.90 Å². The van der Waals surface area contributed by atoms with E-state index in [1.54, 1.807) is 20.0 Å². The highest BCUT2D eigenvalue weighted by Gasteiger charge is 2.27. The van der Waals surface area contributed by atoms with Crippen LogP contribution >= 0.6 is 11.6 Å². The molecule has 0 aliphatic rings. The number of fused-ring (bicyclic) bond motifs is 1. The fourth-order valence-electron chi connectivity index (χ4n) is 2.80. The summed E-state index contributed by atoms with van der Waals surface area (Å²) < 4.78 is 0. The van der Waals surface area contributed by atoms with Gasteiger partial charge in [0.2, 0.25) is 5.91 Å². The van der Waals surface area contributed by atoms with E-state index in [0.717, 1.165) is 16.5 Å². The van der Waals surface area contributed by atoms with Gasteiger partial charge in [-0.3, -0.25) is 9.59 Å². The summed E-state index contributed by atoms with van der Waals surface area (Å²) in [5, 5.41) is 11.2. The highest BCUT2D eigenvalue weighted by atomic mass is 35.5. The first-order valence-corrected chi connectivity index (χ1v) is 8.41. The Labute approximate surface area is 151 Å². The first kappa shape index (κ1) is 19.1. The molecule has 0 saturated carbocycles. The average Bonchev–Trinajstić information content (AvgIpc) is 2.98. The molecule has 6 nitrogen and oxygen atoms in total. The zero-order valence-corrected chi connectivity index (χ0v) is 15.1. The molecule has 0 bridgehead atoms. The number of likely N-dealkylation sites (N-methyl/N-ethyl adjacent to an activating group) is 1. The van der Waals surface area contributed by atoms with E-state index >= 15 is 0 Å². The number of H-pyrrole nitrogens is 1. The number of benzene rings is 1. The molecule has 0 unspecified atom stereocenters. The molecule has 1 heterocycles. The Morgan fingerprint density at radius 3 is 2.80 bits per heavy atom. The fraction of sp³-hybridized carbons (Fsp3) is 0.389. The fourth-order valence-corrected chi connectivity index (χ4v) is 2.97. The third-order valence-corrected chi connectivity index (χ3v) is 4.44. The molecule has 2 amide bonds. The Bertz CT molecular complexity index is 785. The normalized spacial score (nSPS) is 13.4. The number of aryl methyl sites for hydroxylation is 1. The van der Waals surface area contributed by atoms with Crippen LogP contribution in [0.15, 0.2) is 29.4 Å². The molecule has 25 heavy (non-hydrogen) atoms. The molecule has 134 valence electrons. The van der Waals surface area contributed by atoms with Crippen LogP contribution in [-0.2, 0) is 16.0 Å². The number of aromatic amines is 1. The lowest BCUT2D eigenvalue weighted by Crippen LogP contribution is -2.43. The lowest BCUT2D eigenvalue weighted by Gasteiger charge is -2.26. The van der Waals surface area contributed by atoms with Crippen LogP contribution in [0.1, 0.15) is 25.3 Å². The number of aliphatic hydroxyl groups excluding tert-OH is 1. The number of aliphatic hydroxyl groups is 1. The van der Waals surface area contributed by atoms with Crippen LogP contribution in [0.3, 0.4) is 0 Å². The lowest BCUT2D eigenvalue weighted by atomic mass is 10.1. The van der Waals surface area contributed by atoms with Crippen molar-refractivity contribution in [2.75, 3.05) is 7.05 Å². The molecule has 0 aliphatic carbocycles. The predicted molar refractivity (Wildman–Crippen MR) is 99.0 cm³/mol. The molecule has 0 radical (unpaired) electrons. The number of nitrogens with zero attached hydrogens (tertiary/aromatic N) is 2. The minimum absolute atomic E-state index is 0.128. The van der Waals surface area contributed by atoms with Gasteiger partial charge in [-0.15, -0.1) is 0 Å². The molecule has 7 heteroatoms. The van der Waals surface area contributed by atoms with Gasteiger partial charge in [-0.2, -0.15) is 0 Å². The quantitative estimate of drug-likeness (QED) is 0.741. The van der Waals surface area contributed by atoms with Crippen molar-refractivity contribution in [1.82, 2.24) is 9.88 Å². The molecule has 0 saturated heterocycles. The molecule has 2 rings (SSSR count). The summed E-state index contributed by atoms with van der Waals surface area (Å²) in [5.74, 6) is -0.713. The molecule has 2 N–H and O–H groups in total. The van der Waals surface area contributed by atoms with Crippen LogP contribution in [0.5, 0.6) is 0 Å². The Hall–Kier alpha value is -2.18. The minimum Gasteiger partial charge on any atom is -0.393 e. The van der Waals surface area contributed by atoms with E-state index in [4.69, 9.17) is 11.6 Å². The molecule has 0 aliphatic heterocycles. The Balaban J connectivity index is 2.07. The molecular weight excluding hydrogens is 342 g/mol. The Morgan fingerprint density at radius 1 is 1.44 bits per heavy atom. The average molecular weight is 364 g/mol. The molecule has 1 aromatic carbocycles. The number of carbonyl (C=O) groups excluding carboxylic acids is 2. The zero-order valence-electron chi connectivity index (χ0n) is 14.3. The predicted octanol–water partition coefficient (Wildman–Crippen LogP) is 2.58. The van der Waals surface area contributed by atoms with E-state index < -0.39 is 18.1 Å². The number of amides is 2. The van der Waals surface area contributed by atoms with E-state index in [9.17, 15) is 14.7 Å². The van der Waals surface area contributed by atoms with Crippen molar-refractivity contribution in [3.63, 3.8) is 0 Å². The first-order valence-electron chi connectivity index (χ1n) is 8.03. The number of nitrogens with one attached hydrogen (secondary N) is 1. The molecule has 0 fully saturated rings. The third-order valence-electron chi connectivity index (χ3n) is 4.20. The second-order valence-corrected chi connectivity index (χ2v) is 6.54. The molecule has 0 spiro atoms. The maximum Gasteiger partial charge on any atom is 0.267 e. The maximum atomic E-state index is 12.5. The van der Waals surface area contributed by atoms with Crippen molar-refractivity contribution in [3.8, 4) is 0 Å². The van der Waals surface area contributed by atoms with Gasteiger partial charge in [-0.1, -0.05) is 11.6 Å². The Morgan fingerprint density at radius 2 is 2.16 bits per heavy atom. The number of halogens is 1. The van der Waals surface area contributed by atoms with Crippen LogP contribution in [0.25, 0.3) is 10.9 Å². The van der Waals surface area contributed by atoms with E-state index in [0.29, 0.717) is 11.4 Å². The van der Waals surface area contributed by atoms with Crippen LogP contribution in [-0.4, -0.2) is 52.7 Å². The molecular formula is C18H22ClN3O3. The van der Waals surface area contributed by atoms with E-state index in [1.807, 2.05) is 18.3 Å². The first-order chi connectivity index (χ1) is 11.8. The monoisotopic (exact) mass is 363 g/mol. The van der Waals surface area contributed by atoms with Gasteiger partial charge >= 0.3 is 0 Å². The smallest absolute Gasteiger partial charge is 0.267 e. The van der Waals surface area contributed by atoms with Crippen molar-refractivity contribution in [2.45, 2.75) is 38.3 Å². The Kier molecular flexibility index (Phi) is 6.33. The van der Waals surface area contributed by atoms with Gasteiger partial charge < -0.3 is 15.0 Å². The topological polar surface area (TPSA) is 85.8 Å². The minimum atomic E-state index is -0.803. The van der Waals surface area contributed by atoms with Crippen LogP contribution in [0.4, 0.5) is 0 Å². The van der Waals surface area contributed by atoms with Gasteiger partial charge in [0.05, 0.1) is 6.10 Å². The summed E-state index contributed by atoms with van der Waals surface area (Å²) in [6, 6.07) is 4.75. The van der Waals surface area contributed by atoms with Gasteiger partial charge in [-0.05, 0) is 43.8 Å². The number of aliphatic imine (C=N–C) groups is 1. The summed E-state index contributed by atoms with van der Waals surface area (Å²) in [4.78, 5) is 32.2. The summed E-state index contributed by atoms with van der Waals surface area (Å²) in [6.07, 6.45) is 2.01. The highest BCUT2D eigenvalue weighted by Crippen LogP contribution is 2.23. The third kappa shape index (κ3) is 4.67. The zero-order chi connectivity index (χ0) is 18.6. The van der Waals surface area contributed by atoms with E-state index in [-0.39, 0.29) is 18.7 Å². The number of hydrogen-bond acceptors (Lipinski definition) is 3. The van der Waals surface area contributed by atoms with Crippen LogP contribution in [0, 0.1) is 0 Å². The number of carbonyl (C=O) groups is 2. The van der Waals surface area contributed by atoms with Gasteiger partial charge in [-0.25, -0.2) is 4.99 Å². The summed E-state index contributed by atoms with van der Waals surface area (Å²) in [6.45, 7) is 4.79. The number of aromatic nitrogens is 1. The summed E-state index contributed by atoms with van der Waals surface area (Å²) >= 11 is 6.03. The summed E-state index contributed by atoms with van der Waals surface area (Å²) in [5.41, 5.74) is 1.94. The summed E-state index contributed by atoms with van der Waals surface area (Å²) in [7, 11) is 1.55. The van der Waals surface area contributed by atoms with Crippen LogP contribution < -0.4 is 0 Å². The van der Waals surface area contributed by atoms with Crippen molar-refractivity contribution >= 4 is 41.0 Å². The van der Waals surface area contributed by atoms with Crippen molar-refractivity contribution < 1.29 is 14.7 Å². The number of hydrogen-bond donors (Lipinski definition) is 2. The maximum absolute atomic E-state index is 12.5. The van der Waals surface area contributed by atoms with Gasteiger partial charge in [0.1, 0.15) is 6.04 Å². The standard InChI is InChI=1S/C18H22ClN3O3/c1-11(23)8-16(18(25)20-2)22(3)17(24)7-4-12-10-21-15-6-5-13(19)9-14(12)15/h5-6,9-11,16,21,23H,2,4,7-8H2,1,3H3/t11-,16-/m0/s1. The van der Waals surface area contributed by atoms with Crippen molar-refractivity contribution in [2.24, 2.45) is 4.99 Å². The number of rotatable bonds is 7. The lowest BCUT2D eigenvalue weighted by molar-refractivity contribution is -0.138.